The molecule has 23 heavy (non-hydrogen) atoms. The van der Waals surface area contributed by atoms with Gasteiger partial charge in [0.2, 0.25) is 5.13 Å². The second-order valence-electron chi connectivity index (χ2n) is 4.95. The highest BCUT2D eigenvalue weighted by molar-refractivity contribution is 7.17. The molecule has 0 saturated heterocycles. The Labute approximate surface area is 135 Å². The summed E-state index contributed by atoms with van der Waals surface area (Å²) in [7, 11) is 7.06. The third-order valence-corrected chi connectivity index (χ3v) is 4.06. The first-order chi connectivity index (χ1) is 11.0. The van der Waals surface area contributed by atoms with Crippen molar-refractivity contribution in [3.63, 3.8) is 0 Å². The summed E-state index contributed by atoms with van der Waals surface area (Å²) >= 11 is 1.15. The Morgan fingerprint density at radius 3 is 2.78 bits per heavy atom. The molecule has 0 saturated carbocycles. The van der Waals surface area contributed by atoms with Crippen LogP contribution in [0.1, 0.15) is 10.5 Å². The topological polar surface area (TPSA) is 98.1 Å². The monoisotopic (exact) mass is 333 g/mol. The molecule has 3 rings (SSSR count). The van der Waals surface area contributed by atoms with Gasteiger partial charge in [-0.05, 0) is 17.4 Å². The molecular weight excluding hydrogens is 318 g/mol. The summed E-state index contributed by atoms with van der Waals surface area (Å²) in [5, 5.41) is 11.9. The van der Waals surface area contributed by atoms with Gasteiger partial charge in [-0.3, -0.25) is 10.1 Å². The van der Waals surface area contributed by atoms with Gasteiger partial charge >= 0.3 is 0 Å². The van der Waals surface area contributed by atoms with Crippen molar-refractivity contribution in [1.29, 1.82) is 0 Å². The average molecular weight is 333 g/mol. The Morgan fingerprint density at radius 1 is 1.35 bits per heavy atom. The second kappa shape index (κ2) is 5.80. The van der Waals surface area contributed by atoms with E-state index in [0.29, 0.717) is 21.7 Å². The Hall–Kier alpha value is -2.75. The van der Waals surface area contributed by atoms with E-state index in [2.05, 4.69) is 25.5 Å². The van der Waals surface area contributed by atoms with Crippen LogP contribution in [0, 0.1) is 0 Å². The summed E-state index contributed by atoms with van der Waals surface area (Å²) in [5.74, 6) is 0.455. The van der Waals surface area contributed by atoms with Crippen LogP contribution in [0.25, 0.3) is 11.0 Å². The predicted octanol–water partition coefficient (Wildman–Crippen LogP) is 1.15. The lowest BCUT2D eigenvalue weighted by Crippen LogP contribution is -2.15. The third kappa shape index (κ3) is 2.68. The van der Waals surface area contributed by atoms with Crippen LogP contribution in [-0.2, 0) is 7.05 Å². The van der Waals surface area contributed by atoms with E-state index in [1.54, 1.807) is 17.7 Å². The number of carbonyl (C=O) groups is 1. The SMILES string of the molecule is COc1nnc(NC(=O)c2cc3c(N(C)C)ncnc3n2C)s1. The first-order valence-electron chi connectivity index (χ1n) is 6.68. The fourth-order valence-corrected chi connectivity index (χ4v) is 2.76. The van der Waals surface area contributed by atoms with Crippen molar-refractivity contribution >= 4 is 39.2 Å². The van der Waals surface area contributed by atoms with Crippen molar-refractivity contribution < 1.29 is 9.53 Å². The molecule has 0 radical (unpaired) electrons. The van der Waals surface area contributed by atoms with Crippen LogP contribution < -0.4 is 15.0 Å². The number of nitrogens with zero attached hydrogens (tertiary/aromatic N) is 6. The van der Waals surface area contributed by atoms with Gasteiger partial charge in [-0.15, -0.1) is 5.10 Å². The number of hydrogen-bond acceptors (Lipinski definition) is 8. The average Bonchev–Trinajstić information content (AvgIpc) is 3.11. The number of nitrogens with one attached hydrogen (secondary N) is 1. The van der Waals surface area contributed by atoms with Crippen LogP contribution in [0.4, 0.5) is 10.9 Å². The van der Waals surface area contributed by atoms with Gasteiger partial charge in [0.1, 0.15) is 23.5 Å². The molecule has 120 valence electrons. The number of fused-ring (bicyclic) bond motifs is 1. The molecular formula is C13H15N7O2S. The van der Waals surface area contributed by atoms with E-state index < -0.39 is 0 Å². The van der Waals surface area contributed by atoms with E-state index in [4.69, 9.17) is 4.74 Å². The zero-order valence-corrected chi connectivity index (χ0v) is 13.9. The summed E-state index contributed by atoms with van der Waals surface area (Å²) in [6.07, 6.45) is 1.48. The van der Waals surface area contributed by atoms with E-state index in [1.807, 2.05) is 19.0 Å². The number of aryl methyl sites for hydroxylation is 1. The molecule has 3 aromatic rings. The van der Waals surface area contributed by atoms with Gasteiger partial charge in [0.25, 0.3) is 11.1 Å². The van der Waals surface area contributed by atoms with Crippen molar-refractivity contribution in [3.8, 4) is 5.19 Å². The van der Waals surface area contributed by atoms with Crippen LogP contribution in [0.2, 0.25) is 0 Å². The first-order valence-corrected chi connectivity index (χ1v) is 7.49. The lowest BCUT2D eigenvalue weighted by atomic mass is 10.3. The molecule has 1 N–H and O–H groups in total. The molecule has 0 aliphatic rings. The normalized spacial score (nSPS) is 10.8. The van der Waals surface area contributed by atoms with Gasteiger partial charge < -0.3 is 14.2 Å². The second-order valence-corrected chi connectivity index (χ2v) is 5.89. The molecule has 3 aromatic heterocycles. The van der Waals surface area contributed by atoms with E-state index in [9.17, 15) is 4.79 Å². The number of anilines is 2. The Balaban J connectivity index is 1.97. The lowest BCUT2D eigenvalue weighted by molar-refractivity contribution is 0.101. The summed E-state index contributed by atoms with van der Waals surface area (Å²) in [4.78, 5) is 22.9. The zero-order chi connectivity index (χ0) is 16.6. The standard InChI is InChI=1S/C13H15N7O2S/c1-19(2)9-7-5-8(20(3)10(7)15-6-14-9)11(21)16-12-17-18-13(22-4)23-12/h5-6H,1-4H3,(H,16,17,21). The van der Waals surface area contributed by atoms with Crippen LogP contribution in [0.15, 0.2) is 12.4 Å². The van der Waals surface area contributed by atoms with Crippen molar-refractivity contribution in [2.24, 2.45) is 7.05 Å². The molecule has 0 aliphatic heterocycles. The van der Waals surface area contributed by atoms with Crippen LogP contribution in [-0.4, -0.2) is 51.8 Å². The van der Waals surface area contributed by atoms with Gasteiger partial charge in [-0.1, -0.05) is 5.10 Å². The third-order valence-electron chi connectivity index (χ3n) is 3.26. The smallest absolute Gasteiger partial charge is 0.295 e. The molecule has 9 nitrogen and oxygen atoms in total. The Morgan fingerprint density at radius 2 is 2.13 bits per heavy atom. The molecule has 0 spiro atoms. The Bertz CT molecular complexity index is 870. The molecule has 0 aromatic carbocycles. The van der Waals surface area contributed by atoms with Gasteiger partial charge in [0.15, 0.2) is 0 Å². The number of methoxy groups -OCH3 is 1. The molecule has 10 heteroatoms. The zero-order valence-electron chi connectivity index (χ0n) is 13.1. The maximum Gasteiger partial charge on any atom is 0.295 e. The van der Waals surface area contributed by atoms with E-state index in [0.717, 1.165) is 22.5 Å². The Kier molecular flexibility index (Phi) is 3.82. The largest absolute Gasteiger partial charge is 0.472 e. The first kappa shape index (κ1) is 15.2. The summed E-state index contributed by atoms with van der Waals surface area (Å²) < 4.78 is 6.68. The molecule has 0 fully saturated rings. The minimum Gasteiger partial charge on any atom is -0.472 e. The van der Waals surface area contributed by atoms with E-state index in [1.165, 1.54) is 13.4 Å². The molecule has 0 atom stereocenters. The number of aromatic nitrogens is 5. The number of hydrogen-bond donors (Lipinski definition) is 1. The number of rotatable bonds is 4. The molecule has 1 amide bonds. The number of ether oxygens (including phenoxy) is 1. The lowest BCUT2D eigenvalue weighted by Gasteiger charge is -2.11. The fraction of sp³-hybridized carbons (Fsp3) is 0.308. The fourth-order valence-electron chi connectivity index (χ4n) is 2.20. The summed E-state index contributed by atoms with van der Waals surface area (Å²) in [5.41, 5.74) is 1.14. The van der Waals surface area contributed by atoms with E-state index in [-0.39, 0.29) is 5.91 Å². The molecule has 0 bridgehead atoms. The highest BCUT2D eigenvalue weighted by Gasteiger charge is 2.19. The summed E-state index contributed by atoms with van der Waals surface area (Å²) in [6.45, 7) is 0. The van der Waals surface area contributed by atoms with E-state index >= 15 is 0 Å². The van der Waals surface area contributed by atoms with Crippen molar-refractivity contribution in [1.82, 2.24) is 24.7 Å². The maximum absolute atomic E-state index is 12.5. The molecule has 3 heterocycles. The quantitative estimate of drug-likeness (QED) is 0.764. The van der Waals surface area contributed by atoms with Crippen LogP contribution >= 0.6 is 11.3 Å². The van der Waals surface area contributed by atoms with Crippen molar-refractivity contribution in [2.45, 2.75) is 0 Å². The number of amides is 1. The minimum absolute atomic E-state index is 0.297. The maximum atomic E-state index is 12.5. The van der Waals surface area contributed by atoms with Crippen molar-refractivity contribution in [3.05, 3.63) is 18.1 Å². The highest BCUT2D eigenvalue weighted by atomic mass is 32.1. The summed E-state index contributed by atoms with van der Waals surface area (Å²) in [6, 6.07) is 1.76. The molecule has 0 aliphatic carbocycles. The number of carbonyl (C=O) groups excluding carboxylic acids is 1. The van der Waals surface area contributed by atoms with Crippen LogP contribution in [0.5, 0.6) is 5.19 Å². The van der Waals surface area contributed by atoms with Gasteiger partial charge in [0.05, 0.1) is 12.5 Å². The van der Waals surface area contributed by atoms with Gasteiger partial charge in [0, 0.05) is 21.1 Å². The minimum atomic E-state index is -0.297. The van der Waals surface area contributed by atoms with Crippen LogP contribution in [0.3, 0.4) is 0 Å². The molecule has 0 unspecified atom stereocenters. The van der Waals surface area contributed by atoms with Gasteiger partial charge in [-0.25, -0.2) is 9.97 Å². The van der Waals surface area contributed by atoms with Crippen molar-refractivity contribution in [2.75, 3.05) is 31.4 Å². The highest BCUT2D eigenvalue weighted by Crippen LogP contribution is 2.26. The predicted molar refractivity (Wildman–Crippen MR) is 87.3 cm³/mol. The van der Waals surface area contributed by atoms with Gasteiger partial charge in [-0.2, -0.15) is 0 Å².